The maximum Gasteiger partial charge on any atom is 0.435 e. The smallest absolute Gasteiger partial charge is 0.379 e. The van der Waals surface area contributed by atoms with Gasteiger partial charge in [0.1, 0.15) is 15.6 Å². The first-order valence-corrected chi connectivity index (χ1v) is 13.2. The number of thiazole rings is 1. The number of benzene rings is 1. The normalized spacial score (nSPS) is 15.2. The molecular weight excluding hydrogens is 527 g/mol. The third-order valence-corrected chi connectivity index (χ3v) is 7.48. The molecule has 1 fully saturated rings. The number of carbonyl (C=O) groups excluding carboxylic acids is 1. The summed E-state index contributed by atoms with van der Waals surface area (Å²) in [5.74, 6) is -0.837. The Kier molecular flexibility index (Phi) is 8.01. The number of halogens is 3. The Morgan fingerprint density at radius 1 is 1.10 bits per heavy atom. The average molecular weight is 554 g/mol. The highest BCUT2D eigenvalue weighted by atomic mass is 32.1. The molecule has 202 valence electrons. The second-order valence-corrected chi connectivity index (χ2v) is 10.2. The van der Waals surface area contributed by atoms with Crippen LogP contribution in [0, 0.1) is 0 Å². The Labute approximate surface area is 227 Å². The number of hydrogen-bond donors (Lipinski definition) is 1. The molecule has 1 atom stereocenters. The standard InChI is InChI=1S/C28H26F3N5O2S/c1-18(19-5-2-6-20(15-19)21-7-3-9-32-16-21)34-26(37)24-25(28(29,30)31)35-27(39-24)23-22(8-4-10-33-23)17-36-11-13-38-14-12-36/h2-10,15-16,18H,11-14,17H2,1H3,(H,34,37)/t18-/m0/s1. The van der Waals surface area contributed by atoms with Crippen LogP contribution in [0.25, 0.3) is 21.8 Å². The summed E-state index contributed by atoms with van der Waals surface area (Å²) in [6, 6.07) is 14.2. The van der Waals surface area contributed by atoms with Crippen LogP contribution in [0.5, 0.6) is 0 Å². The Morgan fingerprint density at radius 2 is 1.87 bits per heavy atom. The number of pyridine rings is 2. The van der Waals surface area contributed by atoms with Crippen LogP contribution in [0.4, 0.5) is 13.2 Å². The maximum atomic E-state index is 14.0. The lowest BCUT2D eigenvalue weighted by Gasteiger charge is -2.26. The molecule has 1 N–H and O–H groups in total. The fraction of sp³-hybridized carbons (Fsp3) is 0.286. The molecule has 0 aliphatic carbocycles. The van der Waals surface area contributed by atoms with Crippen LogP contribution < -0.4 is 5.32 Å². The van der Waals surface area contributed by atoms with Crippen molar-refractivity contribution < 1.29 is 22.7 Å². The summed E-state index contributed by atoms with van der Waals surface area (Å²) in [4.78, 5) is 27.2. The van der Waals surface area contributed by atoms with Crippen molar-refractivity contribution in [2.24, 2.45) is 0 Å². The summed E-state index contributed by atoms with van der Waals surface area (Å²) in [6.07, 6.45) is 0.115. The molecule has 0 saturated carbocycles. The summed E-state index contributed by atoms with van der Waals surface area (Å²) in [6.45, 7) is 4.85. The number of alkyl halides is 3. The molecule has 5 rings (SSSR count). The van der Waals surface area contributed by atoms with E-state index in [0.717, 1.165) is 22.3 Å². The predicted molar refractivity (Wildman–Crippen MR) is 142 cm³/mol. The Hall–Kier alpha value is -3.67. The first kappa shape index (κ1) is 26.9. The van der Waals surface area contributed by atoms with Crippen molar-refractivity contribution in [2.45, 2.75) is 25.7 Å². The Bertz CT molecular complexity index is 1440. The van der Waals surface area contributed by atoms with Crippen LogP contribution >= 0.6 is 11.3 Å². The molecule has 39 heavy (non-hydrogen) atoms. The van der Waals surface area contributed by atoms with Gasteiger partial charge in [0, 0.05) is 38.2 Å². The fourth-order valence-corrected chi connectivity index (χ4v) is 5.41. The number of ether oxygens (including phenoxy) is 1. The zero-order valence-corrected chi connectivity index (χ0v) is 21.9. The second-order valence-electron chi connectivity index (χ2n) is 9.16. The van der Waals surface area contributed by atoms with E-state index in [1.54, 1.807) is 25.4 Å². The van der Waals surface area contributed by atoms with Crippen molar-refractivity contribution in [2.75, 3.05) is 26.3 Å². The highest BCUT2D eigenvalue weighted by Gasteiger charge is 2.40. The monoisotopic (exact) mass is 553 g/mol. The molecule has 1 aliphatic rings. The molecule has 0 bridgehead atoms. The first-order valence-electron chi connectivity index (χ1n) is 12.4. The van der Waals surface area contributed by atoms with Crippen molar-refractivity contribution in [3.05, 3.63) is 88.8 Å². The van der Waals surface area contributed by atoms with Crippen molar-refractivity contribution >= 4 is 17.2 Å². The number of carbonyl (C=O) groups is 1. The maximum absolute atomic E-state index is 14.0. The number of hydrogen-bond acceptors (Lipinski definition) is 7. The van der Waals surface area contributed by atoms with Gasteiger partial charge < -0.3 is 10.1 Å². The molecule has 3 aromatic heterocycles. The van der Waals surface area contributed by atoms with Crippen LogP contribution in [-0.2, 0) is 17.5 Å². The van der Waals surface area contributed by atoms with Gasteiger partial charge in [-0.05, 0) is 47.4 Å². The largest absolute Gasteiger partial charge is 0.435 e. The summed E-state index contributed by atoms with van der Waals surface area (Å²) in [7, 11) is 0. The molecule has 0 unspecified atom stereocenters. The molecule has 11 heteroatoms. The minimum Gasteiger partial charge on any atom is -0.379 e. The summed E-state index contributed by atoms with van der Waals surface area (Å²) >= 11 is 0.704. The minimum absolute atomic E-state index is 0.0579. The van der Waals surface area contributed by atoms with Gasteiger partial charge in [-0.15, -0.1) is 11.3 Å². The van der Waals surface area contributed by atoms with E-state index in [2.05, 4.69) is 25.2 Å². The highest BCUT2D eigenvalue weighted by Crippen LogP contribution is 2.38. The van der Waals surface area contributed by atoms with Gasteiger partial charge in [-0.2, -0.15) is 13.2 Å². The SMILES string of the molecule is C[C@H](NC(=O)c1sc(-c2ncccc2CN2CCOCC2)nc1C(F)(F)F)c1cccc(-c2cccnc2)c1. The van der Waals surface area contributed by atoms with Crippen molar-refractivity contribution in [1.82, 2.24) is 25.2 Å². The first-order chi connectivity index (χ1) is 18.8. The van der Waals surface area contributed by atoms with Gasteiger partial charge in [0.05, 0.1) is 19.3 Å². The van der Waals surface area contributed by atoms with Crippen LogP contribution in [0.3, 0.4) is 0 Å². The number of aromatic nitrogens is 3. The number of rotatable bonds is 7. The van der Waals surface area contributed by atoms with Crippen LogP contribution in [0.2, 0.25) is 0 Å². The zero-order chi connectivity index (χ0) is 27.4. The lowest BCUT2D eigenvalue weighted by molar-refractivity contribution is -0.141. The van der Waals surface area contributed by atoms with E-state index in [9.17, 15) is 18.0 Å². The molecule has 1 saturated heterocycles. The molecule has 1 aromatic carbocycles. The molecule has 4 heterocycles. The molecule has 1 aliphatic heterocycles. The summed E-state index contributed by atoms with van der Waals surface area (Å²) < 4.78 is 47.5. The van der Waals surface area contributed by atoms with Gasteiger partial charge in [-0.1, -0.05) is 30.3 Å². The van der Waals surface area contributed by atoms with E-state index in [0.29, 0.717) is 49.9 Å². The molecule has 7 nitrogen and oxygen atoms in total. The molecule has 0 spiro atoms. The van der Waals surface area contributed by atoms with Crippen molar-refractivity contribution in [3.63, 3.8) is 0 Å². The second kappa shape index (κ2) is 11.6. The topological polar surface area (TPSA) is 80.2 Å². The molecule has 4 aromatic rings. The van der Waals surface area contributed by atoms with Gasteiger partial charge in [0.2, 0.25) is 0 Å². The lowest BCUT2D eigenvalue weighted by Crippen LogP contribution is -2.35. The van der Waals surface area contributed by atoms with E-state index in [4.69, 9.17) is 4.74 Å². The van der Waals surface area contributed by atoms with Crippen LogP contribution in [0.15, 0.2) is 67.1 Å². The van der Waals surface area contributed by atoms with Gasteiger partial charge >= 0.3 is 6.18 Å². The highest BCUT2D eigenvalue weighted by molar-refractivity contribution is 7.17. The zero-order valence-electron chi connectivity index (χ0n) is 21.1. The van der Waals surface area contributed by atoms with Crippen LogP contribution in [0.1, 0.15) is 39.5 Å². The average Bonchev–Trinajstić information content (AvgIpc) is 3.41. The Balaban J connectivity index is 1.41. The van der Waals surface area contributed by atoms with E-state index in [1.165, 1.54) is 6.20 Å². The molecular formula is C28H26F3N5O2S. The minimum atomic E-state index is -4.80. The molecule has 0 radical (unpaired) electrons. The van der Waals surface area contributed by atoms with E-state index >= 15 is 0 Å². The van der Waals surface area contributed by atoms with Crippen molar-refractivity contribution in [3.8, 4) is 21.8 Å². The molecule has 1 amide bonds. The quantitative estimate of drug-likeness (QED) is 0.321. The van der Waals surface area contributed by atoms with E-state index in [-0.39, 0.29) is 5.01 Å². The Morgan fingerprint density at radius 3 is 2.62 bits per heavy atom. The van der Waals surface area contributed by atoms with Gasteiger partial charge in [-0.25, -0.2) is 4.98 Å². The van der Waals surface area contributed by atoms with E-state index in [1.807, 2.05) is 42.5 Å². The number of nitrogens with one attached hydrogen (secondary N) is 1. The van der Waals surface area contributed by atoms with Crippen LogP contribution in [-0.4, -0.2) is 52.1 Å². The van der Waals surface area contributed by atoms with Gasteiger partial charge in [0.25, 0.3) is 5.91 Å². The van der Waals surface area contributed by atoms with E-state index < -0.39 is 28.7 Å². The van der Waals surface area contributed by atoms with Crippen molar-refractivity contribution in [1.29, 1.82) is 0 Å². The predicted octanol–water partition coefficient (Wildman–Crippen LogP) is 5.61. The van der Waals surface area contributed by atoms with Gasteiger partial charge in [0.15, 0.2) is 5.69 Å². The number of nitrogens with zero attached hydrogens (tertiary/aromatic N) is 4. The van der Waals surface area contributed by atoms with Gasteiger partial charge in [-0.3, -0.25) is 19.7 Å². The third-order valence-electron chi connectivity index (χ3n) is 6.42. The lowest BCUT2D eigenvalue weighted by atomic mass is 10.0. The fourth-order valence-electron chi connectivity index (χ4n) is 4.39. The summed E-state index contributed by atoms with van der Waals surface area (Å²) in [5.41, 5.74) is 2.42. The third kappa shape index (κ3) is 6.32. The number of amides is 1. The number of morpholine rings is 1. The summed E-state index contributed by atoms with van der Waals surface area (Å²) in [5, 5.41) is 2.78.